The maximum absolute atomic E-state index is 13.9. The fourth-order valence-electron chi connectivity index (χ4n) is 3.83. The number of nitrogens with zero attached hydrogens (tertiary/aromatic N) is 3. The molecule has 0 bridgehead atoms. The zero-order valence-corrected chi connectivity index (χ0v) is 20.8. The Morgan fingerprint density at radius 1 is 1.12 bits per heavy atom. The monoisotopic (exact) mass is 556 g/mol. The van der Waals surface area contributed by atoms with E-state index in [1.54, 1.807) is 49.4 Å². The molecule has 1 aliphatic heterocycles. The number of amides is 1. The third-order valence-corrected chi connectivity index (χ3v) is 8.14. The van der Waals surface area contributed by atoms with Crippen molar-refractivity contribution in [3.8, 4) is 0 Å². The molecule has 0 saturated heterocycles. The molecular weight excluding hydrogens is 539 g/mol. The van der Waals surface area contributed by atoms with Crippen LogP contribution in [-0.4, -0.2) is 36.2 Å². The van der Waals surface area contributed by atoms with Gasteiger partial charge in [-0.1, -0.05) is 51.3 Å². The van der Waals surface area contributed by atoms with Crippen LogP contribution in [0, 0.1) is 0 Å². The van der Waals surface area contributed by atoms with Gasteiger partial charge < -0.3 is 5.73 Å². The van der Waals surface area contributed by atoms with Gasteiger partial charge in [0.1, 0.15) is 0 Å². The van der Waals surface area contributed by atoms with Gasteiger partial charge in [-0.2, -0.15) is 0 Å². The van der Waals surface area contributed by atoms with E-state index in [1.165, 1.54) is 15.7 Å². The van der Waals surface area contributed by atoms with E-state index in [0.29, 0.717) is 27.7 Å². The lowest BCUT2D eigenvalue weighted by atomic mass is 9.91. The molecule has 1 aliphatic rings. The van der Waals surface area contributed by atoms with Gasteiger partial charge in [0.15, 0.2) is 20.4 Å². The Hall–Kier alpha value is -1.91. The predicted octanol–water partition coefficient (Wildman–Crippen LogP) is 4.52. The number of halogens is 3. The molecule has 4 rings (SSSR count). The predicted molar refractivity (Wildman–Crippen MR) is 128 cm³/mol. The second-order valence-electron chi connectivity index (χ2n) is 7.54. The van der Waals surface area contributed by atoms with E-state index in [-0.39, 0.29) is 29.2 Å². The van der Waals surface area contributed by atoms with Crippen molar-refractivity contribution in [1.82, 2.24) is 9.55 Å². The van der Waals surface area contributed by atoms with Crippen LogP contribution in [0.3, 0.4) is 0 Å². The summed E-state index contributed by atoms with van der Waals surface area (Å²) in [5.41, 5.74) is 5.16. The molecule has 0 spiro atoms. The summed E-state index contributed by atoms with van der Waals surface area (Å²) in [7, 11) is -3.76. The van der Waals surface area contributed by atoms with Crippen LogP contribution < -0.4 is 10.6 Å². The topological polar surface area (TPSA) is 98.3 Å². The molecule has 32 heavy (non-hydrogen) atoms. The van der Waals surface area contributed by atoms with Crippen molar-refractivity contribution in [3.63, 3.8) is 0 Å². The fraction of sp³-hybridized carbons (Fsp3) is 0.238. The quantitative estimate of drug-likeness (QED) is 0.480. The lowest BCUT2D eigenvalue weighted by Crippen LogP contribution is -2.41. The van der Waals surface area contributed by atoms with Crippen LogP contribution in [0.2, 0.25) is 10.0 Å². The summed E-state index contributed by atoms with van der Waals surface area (Å²) in [4.78, 5) is 19.6. The zero-order valence-electron chi connectivity index (χ0n) is 16.9. The van der Waals surface area contributed by atoms with Crippen molar-refractivity contribution < 1.29 is 13.2 Å². The molecule has 7 nitrogen and oxygen atoms in total. The number of nitrogens with two attached hydrogens (primary N) is 1. The summed E-state index contributed by atoms with van der Waals surface area (Å²) >= 11 is 15.8. The Morgan fingerprint density at radius 2 is 1.75 bits per heavy atom. The first-order valence-corrected chi connectivity index (χ1v) is 12.9. The standard InChI is InChI=1S/C21H19BrCl2N4O3S/c1-21(13-3-5-14(22)6-4-13)19(29)27(17-10-15(23)9-16(24)11-17)20-26-12-18(28(20)21)32(30,31)8-2-7-25/h3-6,9-12H,2,7-8,25H2,1H3/t21-/m1/s1. The Morgan fingerprint density at radius 3 is 2.34 bits per heavy atom. The maximum Gasteiger partial charge on any atom is 0.264 e. The van der Waals surface area contributed by atoms with E-state index in [2.05, 4.69) is 20.9 Å². The minimum atomic E-state index is -3.76. The number of carbonyl (C=O) groups excluding carboxylic acids is 1. The molecule has 2 aromatic carbocycles. The van der Waals surface area contributed by atoms with Crippen LogP contribution in [0.4, 0.5) is 11.6 Å². The van der Waals surface area contributed by atoms with Crippen LogP contribution >= 0.6 is 39.1 Å². The van der Waals surface area contributed by atoms with Crippen molar-refractivity contribution in [2.75, 3.05) is 17.2 Å². The number of rotatable bonds is 6. The molecular formula is C21H19BrCl2N4O3S. The largest absolute Gasteiger partial charge is 0.330 e. The average Bonchev–Trinajstić information content (AvgIpc) is 3.25. The van der Waals surface area contributed by atoms with Crippen LogP contribution in [0.1, 0.15) is 18.9 Å². The first-order valence-electron chi connectivity index (χ1n) is 9.67. The Kier molecular flexibility index (Phi) is 6.15. The molecule has 0 unspecified atom stereocenters. The first-order chi connectivity index (χ1) is 15.1. The highest BCUT2D eigenvalue weighted by molar-refractivity contribution is 9.10. The van der Waals surface area contributed by atoms with Crippen molar-refractivity contribution in [2.24, 2.45) is 5.73 Å². The summed E-state index contributed by atoms with van der Waals surface area (Å²) in [5.74, 6) is -0.357. The van der Waals surface area contributed by atoms with Gasteiger partial charge in [-0.3, -0.25) is 9.36 Å². The number of fused-ring (bicyclic) bond motifs is 1. The highest BCUT2D eigenvalue weighted by Crippen LogP contribution is 2.46. The lowest BCUT2D eigenvalue weighted by Gasteiger charge is -2.27. The summed E-state index contributed by atoms with van der Waals surface area (Å²) in [5, 5.41) is 0.633. The zero-order chi connectivity index (χ0) is 23.3. The highest BCUT2D eigenvalue weighted by atomic mass is 79.9. The van der Waals surface area contributed by atoms with E-state index in [9.17, 15) is 13.2 Å². The molecule has 2 N–H and O–H groups in total. The first kappa shape index (κ1) is 23.3. The number of benzene rings is 2. The van der Waals surface area contributed by atoms with Gasteiger partial charge in [-0.05, 0) is 55.8 Å². The number of hydrogen-bond acceptors (Lipinski definition) is 5. The molecule has 1 amide bonds. The van der Waals surface area contributed by atoms with Gasteiger partial charge in [0.25, 0.3) is 5.91 Å². The highest BCUT2D eigenvalue weighted by Gasteiger charge is 2.52. The van der Waals surface area contributed by atoms with Crippen molar-refractivity contribution in [3.05, 3.63) is 68.7 Å². The van der Waals surface area contributed by atoms with Gasteiger partial charge in [-0.15, -0.1) is 0 Å². The molecule has 0 radical (unpaired) electrons. The van der Waals surface area contributed by atoms with Gasteiger partial charge in [-0.25, -0.2) is 18.3 Å². The van der Waals surface area contributed by atoms with Crippen LogP contribution in [0.15, 0.2) is 58.2 Å². The number of aromatic nitrogens is 2. The van der Waals surface area contributed by atoms with E-state index in [1.807, 2.05) is 0 Å². The number of anilines is 2. The molecule has 1 aromatic heterocycles. The molecule has 1 atom stereocenters. The molecule has 0 fully saturated rings. The maximum atomic E-state index is 13.9. The summed E-state index contributed by atoms with van der Waals surface area (Å²) in [6.45, 7) is 1.91. The number of imidazole rings is 1. The fourth-order valence-corrected chi connectivity index (χ4v) is 6.13. The van der Waals surface area contributed by atoms with Crippen molar-refractivity contribution in [2.45, 2.75) is 23.9 Å². The number of sulfone groups is 1. The van der Waals surface area contributed by atoms with E-state index >= 15 is 0 Å². The molecule has 0 saturated carbocycles. The van der Waals surface area contributed by atoms with Gasteiger partial charge in [0.2, 0.25) is 5.95 Å². The van der Waals surface area contributed by atoms with Crippen molar-refractivity contribution in [1.29, 1.82) is 0 Å². The Bertz CT molecular complexity index is 1290. The smallest absolute Gasteiger partial charge is 0.264 e. The summed E-state index contributed by atoms with van der Waals surface area (Å²) in [6, 6.07) is 11.9. The Labute approximate surface area is 204 Å². The number of hydrogen-bond donors (Lipinski definition) is 1. The minimum Gasteiger partial charge on any atom is -0.330 e. The van der Waals surface area contributed by atoms with Crippen LogP contribution in [-0.2, 0) is 20.2 Å². The second-order valence-corrected chi connectivity index (χ2v) is 11.4. The van der Waals surface area contributed by atoms with E-state index in [4.69, 9.17) is 28.9 Å². The normalized spacial score (nSPS) is 18.3. The summed E-state index contributed by atoms with van der Waals surface area (Å²) in [6.07, 6.45) is 1.57. The lowest BCUT2D eigenvalue weighted by molar-refractivity contribution is -0.122. The average molecular weight is 558 g/mol. The molecule has 0 aliphatic carbocycles. The second kappa shape index (κ2) is 8.46. The molecule has 3 aromatic rings. The van der Waals surface area contributed by atoms with Crippen molar-refractivity contribution >= 4 is 66.5 Å². The third kappa shape index (κ3) is 3.76. The van der Waals surface area contributed by atoms with Gasteiger partial charge in [0.05, 0.1) is 17.6 Å². The van der Waals surface area contributed by atoms with Gasteiger partial charge >= 0.3 is 0 Å². The van der Waals surface area contributed by atoms with E-state index < -0.39 is 15.4 Å². The Balaban J connectivity index is 1.99. The van der Waals surface area contributed by atoms with E-state index in [0.717, 1.165) is 4.47 Å². The molecule has 2 heterocycles. The summed E-state index contributed by atoms with van der Waals surface area (Å²) < 4.78 is 28.6. The molecule has 11 heteroatoms. The minimum absolute atomic E-state index is 0.0460. The van der Waals surface area contributed by atoms with Crippen LogP contribution in [0.5, 0.6) is 0 Å². The van der Waals surface area contributed by atoms with Crippen LogP contribution in [0.25, 0.3) is 0 Å². The third-order valence-electron chi connectivity index (χ3n) is 5.43. The molecule has 168 valence electrons. The number of carbonyl (C=O) groups is 1. The SMILES string of the molecule is C[C@@]1(c2ccc(Br)cc2)C(=O)N(c2cc(Cl)cc(Cl)c2)c2ncc(S(=O)(=O)CCCN)n21. The van der Waals surface area contributed by atoms with Gasteiger partial charge in [0, 0.05) is 14.5 Å².